The molecule has 1 N–H and O–H groups in total. The second-order valence-electron chi connectivity index (χ2n) is 3.24. The van der Waals surface area contributed by atoms with Crippen molar-refractivity contribution in [2.45, 2.75) is 18.4 Å². The fourth-order valence-electron chi connectivity index (χ4n) is 1.28. The number of carboxylic acids is 1. The summed E-state index contributed by atoms with van der Waals surface area (Å²) in [7, 11) is 0. The molecule has 0 aliphatic rings. The Labute approximate surface area is 108 Å². The van der Waals surface area contributed by atoms with Gasteiger partial charge in [0.1, 0.15) is 6.61 Å². The molecular weight excluding hydrogens is 264 g/mol. The standard InChI is InChI=1S/C11H11ClO4S/c1-6(13)16-5-7-3-8(11(14)15)10(17-2)9(12)4-7/h3-4H,5H2,1-2H3,(H,14,15). The summed E-state index contributed by atoms with van der Waals surface area (Å²) in [4.78, 5) is 22.2. The van der Waals surface area contributed by atoms with Crippen LogP contribution < -0.4 is 0 Å². The van der Waals surface area contributed by atoms with E-state index in [0.29, 0.717) is 15.5 Å². The van der Waals surface area contributed by atoms with Crippen molar-refractivity contribution < 1.29 is 19.4 Å². The van der Waals surface area contributed by atoms with E-state index in [4.69, 9.17) is 21.4 Å². The lowest BCUT2D eigenvalue weighted by Crippen LogP contribution is -2.04. The SMILES string of the molecule is CSc1c(Cl)cc(COC(C)=O)cc1C(=O)O. The number of thioether (sulfide) groups is 1. The van der Waals surface area contributed by atoms with E-state index in [-0.39, 0.29) is 12.2 Å². The Kier molecular flexibility index (Phi) is 4.84. The third-order valence-electron chi connectivity index (χ3n) is 1.98. The second kappa shape index (κ2) is 5.93. The highest BCUT2D eigenvalue weighted by molar-refractivity contribution is 7.98. The fourth-order valence-corrected chi connectivity index (χ4v) is 2.38. The molecule has 0 unspecified atom stereocenters. The summed E-state index contributed by atoms with van der Waals surface area (Å²) in [5, 5.41) is 9.39. The van der Waals surface area contributed by atoms with Gasteiger partial charge in [0.2, 0.25) is 0 Å². The molecule has 6 heteroatoms. The smallest absolute Gasteiger partial charge is 0.336 e. The fraction of sp³-hybridized carbons (Fsp3) is 0.273. The predicted molar refractivity (Wildman–Crippen MR) is 65.7 cm³/mol. The number of carboxylic acid groups (broad SMARTS) is 1. The molecule has 1 aromatic carbocycles. The van der Waals surface area contributed by atoms with E-state index in [1.165, 1.54) is 24.8 Å². The molecule has 0 saturated heterocycles. The van der Waals surface area contributed by atoms with Gasteiger partial charge in [-0.2, -0.15) is 0 Å². The van der Waals surface area contributed by atoms with Gasteiger partial charge in [-0.25, -0.2) is 4.79 Å². The van der Waals surface area contributed by atoms with Gasteiger partial charge in [0.25, 0.3) is 0 Å². The van der Waals surface area contributed by atoms with Crippen LogP contribution in [-0.4, -0.2) is 23.3 Å². The van der Waals surface area contributed by atoms with Gasteiger partial charge in [-0.3, -0.25) is 4.79 Å². The third kappa shape index (κ3) is 3.64. The summed E-state index contributed by atoms with van der Waals surface area (Å²) >= 11 is 7.23. The van der Waals surface area contributed by atoms with Gasteiger partial charge < -0.3 is 9.84 Å². The van der Waals surface area contributed by atoms with Crippen molar-refractivity contribution in [1.29, 1.82) is 0 Å². The Bertz CT molecular complexity index is 459. The maximum atomic E-state index is 11.0. The van der Waals surface area contributed by atoms with Crippen LogP contribution in [0, 0.1) is 0 Å². The first-order chi connectivity index (χ1) is 7.95. The minimum atomic E-state index is -1.05. The summed E-state index contributed by atoms with van der Waals surface area (Å²) in [5.74, 6) is -1.48. The number of benzene rings is 1. The first kappa shape index (κ1) is 13.9. The molecule has 4 nitrogen and oxygen atoms in total. The van der Waals surface area contributed by atoms with E-state index < -0.39 is 11.9 Å². The summed E-state index contributed by atoms with van der Waals surface area (Å²) in [6.45, 7) is 1.31. The monoisotopic (exact) mass is 274 g/mol. The lowest BCUT2D eigenvalue weighted by Gasteiger charge is -2.09. The Morgan fingerprint density at radius 3 is 2.59 bits per heavy atom. The zero-order valence-electron chi connectivity index (χ0n) is 9.32. The number of rotatable bonds is 4. The van der Waals surface area contributed by atoms with E-state index in [9.17, 15) is 9.59 Å². The van der Waals surface area contributed by atoms with E-state index in [2.05, 4.69) is 0 Å². The average molecular weight is 275 g/mol. The van der Waals surface area contributed by atoms with Crippen LogP contribution in [0.3, 0.4) is 0 Å². The predicted octanol–water partition coefficient (Wildman–Crippen LogP) is 2.82. The lowest BCUT2D eigenvalue weighted by atomic mass is 10.1. The lowest BCUT2D eigenvalue weighted by molar-refractivity contribution is -0.142. The van der Waals surface area contributed by atoms with Gasteiger partial charge in [-0.1, -0.05) is 11.6 Å². The van der Waals surface area contributed by atoms with Crippen LogP contribution in [0.4, 0.5) is 0 Å². The van der Waals surface area contributed by atoms with Crippen molar-refractivity contribution in [3.63, 3.8) is 0 Å². The summed E-state index contributed by atoms with van der Waals surface area (Å²) in [5.41, 5.74) is 0.674. The molecule has 1 rings (SSSR count). The first-order valence-electron chi connectivity index (χ1n) is 4.68. The molecule has 0 heterocycles. The highest BCUT2D eigenvalue weighted by atomic mass is 35.5. The normalized spacial score (nSPS) is 10.1. The molecule has 0 aliphatic heterocycles. The van der Waals surface area contributed by atoms with Crippen LogP contribution in [-0.2, 0) is 16.1 Å². The van der Waals surface area contributed by atoms with Crippen LogP contribution >= 0.6 is 23.4 Å². The van der Waals surface area contributed by atoms with E-state index in [1.807, 2.05) is 0 Å². The number of halogens is 1. The molecule has 0 bridgehead atoms. The second-order valence-corrected chi connectivity index (χ2v) is 4.47. The average Bonchev–Trinajstić information content (AvgIpc) is 2.25. The summed E-state index contributed by atoms with van der Waals surface area (Å²) in [6.07, 6.45) is 1.75. The highest BCUT2D eigenvalue weighted by Crippen LogP contribution is 2.30. The van der Waals surface area contributed by atoms with Crippen molar-refractivity contribution in [2.24, 2.45) is 0 Å². The van der Waals surface area contributed by atoms with E-state index in [1.54, 1.807) is 12.3 Å². The number of hydrogen-bond acceptors (Lipinski definition) is 4. The van der Waals surface area contributed by atoms with Crippen molar-refractivity contribution in [2.75, 3.05) is 6.26 Å². The first-order valence-corrected chi connectivity index (χ1v) is 6.29. The van der Waals surface area contributed by atoms with Gasteiger partial charge in [0.05, 0.1) is 10.6 Å². The Morgan fingerprint density at radius 1 is 1.47 bits per heavy atom. The van der Waals surface area contributed by atoms with Gasteiger partial charge in [0.15, 0.2) is 0 Å². The Morgan fingerprint density at radius 2 is 2.12 bits per heavy atom. The van der Waals surface area contributed by atoms with Crippen LogP contribution in [0.5, 0.6) is 0 Å². The van der Waals surface area contributed by atoms with Gasteiger partial charge in [0, 0.05) is 11.8 Å². The van der Waals surface area contributed by atoms with Crippen LogP contribution in [0.15, 0.2) is 17.0 Å². The van der Waals surface area contributed by atoms with Crippen molar-refractivity contribution >= 4 is 35.3 Å². The molecular formula is C11H11ClO4S. The molecule has 0 amide bonds. The van der Waals surface area contributed by atoms with E-state index in [0.717, 1.165) is 0 Å². The van der Waals surface area contributed by atoms with Crippen molar-refractivity contribution in [1.82, 2.24) is 0 Å². The minimum Gasteiger partial charge on any atom is -0.478 e. The Balaban J connectivity index is 3.10. The van der Waals surface area contributed by atoms with Gasteiger partial charge in [-0.05, 0) is 24.0 Å². The van der Waals surface area contributed by atoms with Crippen LogP contribution in [0.25, 0.3) is 0 Å². The molecule has 0 fully saturated rings. The van der Waals surface area contributed by atoms with Gasteiger partial charge in [-0.15, -0.1) is 11.8 Å². The number of esters is 1. The molecule has 0 aliphatic carbocycles. The molecule has 0 saturated carbocycles. The Hall–Kier alpha value is -1.20. The number of ether oxygens (including phenoxy) is 1. The molecule has 0 radical (unpaired) electrons. The molecule has 92 valence electrons. The molecule has 0 spiro atoms. The topological polar surface area (TPSA) is 63.6 Å². The third-order valence-corrected chi connectivity index (χ3v) is 3.24. The number of hydrogen-bond donors (Lipinski definition) is 1. The number of carbonyl (C=O) groups is 2. The van der Waals surface area contributed by atoms with Crippen molar-refractivity contribution in [3.05, 3.63) is 28.3 Å². The van der Waals surface area contributed by atoms with Gasteiger partial charge >= 0.3 is 11.9 Å². The maximum absolute atomic E-state index is 11.0. The molecule has 1 aromatic rings. The molecule has 17 heavy (non-hydrogen) atoms. The zero-order valence-corrected chi connectivity index (χ0v) is 10.9. The maximum Gasteiger partial charge on any atom is 0.336 e. The zero-order chi connectivity index (χ0) is 13.0. The summed E-state index contributed by atoms with van der Waals surface area (Å²) in [6, 6.07) is 3.06. The van der Waals surface area contributed by atoms with Crippen molar-refractivity contribution in [3.8, 4) is 0 Å². The molecule has 0 aromatic heterocycles. The minimum absolute atomic E-state index is 0.0179. The van der Waals surface area contributed by atoms with Crippen LogP contribution in [0.2, 0.25) is 5.02 Å². The van der Waals surface area contributed by atoms with Crippen LogP contribution in [0.1, 0.15) is 22.8 Å². The number of carbonyl (C=O) groups excluding carboxylic acids is 1. The quantitative estimate of drug-likeness (QED) is 0.676. The largest absolute Gasteiger partial charge is 0.478 e. The molecule has 0 atom stereocenters. The summed E-state index contributed by atoms with van der Waals surface area (Å²) < 4.78 is 4.79. The number of aromatic carboxylic acids is 1. The highest BCUT2D eigenvalue weighted by Gasteiger charge is 2.15. The van der Waals surface area contributed by atoms with E-state index >= 15 is 0 Å².